The first-order valence-electron chi connectivity index (χ1n) is 8.45. The van der Waals surface area contributed by atoms with Crippen LogP contribution in [0, 0.1) is 5.92 Å². The van der Waals surface area contributed by atoms with Crippen molar-refractivity contribution >= 4 is 30.1 Å². The van der Waals surface area contributed by atoms with Crippen molar-refractivity contribution in [1.29, 1.82) is 0 Å². The fourth-order valence-electron chi connectivity index (χ4n) is 3.52. The number of amides is 1. The molecule has 23 heavy (non-hydrogen) atoms. The molecule has 3 rings (SSSR count). The van der Waals surface area contributed by atoms with Gasteiger partial charge in [-0.05, 0) is 43.9 Å². The highest BCUT2D eigenvalue weighted by molar-refractivity contribution is 8.01. The van der Waals surface area contributed by atoms with Gasteiger partial charge in [-0.25, -0.2) is 0 Å². The molecule has 0 bridgehead atoms. The summed E-state index contributed by atoms with van der Waals surface area (Å²) in [6, 6.07) is 10.6. The monoisotopic (exact) mass is 354 g/mol. The maximum atomic E-state index is 13.0. The summed E-state index contributed by atoms with van der Waals surface area (Å²) >= 11 is 1.76. The summed E-state index contributed by atoms with van der Waals surface area (Å²) in [5, 5.41) is 6.75. The van der Waals surface area contributed by atoms with E-state index in [1.165, 1.54) is 4.90 Å². The second-order valence-corrected chi connectivity index (χ2v) is 8.12. The number of thioether (sulfide) groups is 1. The Kier molecular flexibility index (Phi) is 6.81. The topological polar surface area (TPSA) is 41.1 Å². The van der Waals surface area contributed by atoms with Crippen LogP contribution in [0.3, 0.4) is 0 Å². The first-order chi connectivity index (χ1) is 10.7. The largest absolute Gasteiger partial charge is 0.351 e. The maximum absolute atomic E-state index is 13.0. The molecule has 1 saturated carbocycles. The van der Waals surface area contributed by atoms with E-state index in [0.717, 1.165) is 45.2 Å². The highest BCUT2D eigenvalue weighted by atomic mass is 35.5. The smallest absolute Gasteiger partial charge is 0.236 e. The lowest BCUT2D eigenvalue weighted by Gasteiger charge is -2.34. The minimum atomic E-state index is -0.265. The van der Waals surface area contributed by atoms with E-state index < -0.39 is 0 Å². The molecule has 0 spiro atoms. The van der Waals surface area contributed by atoms with Crippen molar-refractivity contribution in [3.63, 3.8) is 0 Å². The fraction of sp³-hybridized carbons (Fsp3) is 0.611. The molecule has 1 saturated heterocycles. The van der Waals surface area contributed by atoms with Gasteiger partial charge in [0.25, 0.3) is 0 Å². The summed E-state index contributed by atoms with van der Waals surface area (Å²) in [5.74, 6) is 0.810. The van der Waals surface area contributed by atoms with Gasteiger partial charge in [0.15, 0.2) is 0 Å². The molecule has 1 aromatic rings. The number of halogens is 1. The van der Waals surface area contributed by atoms with Crippen LogP contribution < -0.4 is 10.6 Å². The van der Waals surface area contributed by atoms with Gasteiger partial charge in [-0.2, -0.15) is 0 Å². The SMILES string of the molecule is CC1CCNCC1NC(=O)C1(Sc2ccccc2)CCCC1.Cl. The van der Waals surface area contributed by atoms with Crippen molar-refractivity contribution in [3.8, 4) is 0 Å². The van der Waals surface area contributed by atoms with Gasteiger partial charge in [0, 0.05) is 17.5 Å². The third-order valence-electron chi connectivity index (χ3n) is 5.03. The Morgan fingerprint density at radius 1 is 1.26 bits per heavy atom. The minimum absolute atomic E-state index is 0. The van der Waals surface area contributed by atoms with Crippen LogP contribution in [0.25, 0.3) is 0 Å². The van der Waals surface area contributed by atoms with Crippen LogP contribution >= 0.6 is 24.2 Å². The number of rotatable bonds is 4. The minimum Gasteiger partial charge on any atom is -0.351 e. The lowest BCUT2D eigenvalue weighted by molar-refractivity contribution is -0.124. The van der Waals surface area contributed by atoms with Crippen LogP contribution in [0.15, 0.2) is 35.2 Å². The number of hydrogen-bond donors (Lipinski definition) is 2. The van der Waals surface area contributed by atoms with E-state index in [-0.39, 0.29) is 29.1 Å². The Bertz CT molecular complexity index is 505. The van der Waals surface area contributed by atoms with Crippen molar-refractivity contribution in [2.45, 2.75) is 54.7 Å². The fourth-order valence-corrected chi connectivity index (χ4v) is 4.91. The first-order valence-corrected chi connectivity index (χ1v) is 9.27. The quantitative estimate of drug-likeness (QED) is 0.867. The Labute approximate surface area is 149 Å². The van der Waals surface area contributed by atoms with Crippen LogP contribution in [0.1, 0.15) is 39.0 Å². The molecular weight excluding hydrogens is 328 g/mol. The zero-order valence-corrected chi connectivity index (χ0v) is 15.3. The molecule has 2 N–H and O–H groups in total. The third kappa shape index (κ3) is 4.43. The number of hydrogen-bond acceptors (Lipinski definition) is 3. The standard InChI is InChI=1S/C18H26N2OS.ClH/c1-14-9-12-19-13-16(14)20-17(21)18(10-5-6-11-18)22-15-7-3-2-4-8-15;/h2-4,7-8,14,16,19H,5-6,9-13H2,1H3,(H,20,21);1H. The number of carbonyl (C=O) groups excluding carboxylic acids is 1. The molecule has 2 unspecified atom stereocenters. The molecule has 1 aromatic carbocycles. The van der Waals surface area contributed by atoms with Crippen molar-refractivity contribution < 1.29 is 4.79 Å². The summed E-state index contributed by atoms with van der Waals surface area (Å²) in [5.41, 5.74) is 0. The van der Waals surface area contributed by atoms with Gasteiger partial charge in [-0.3, -0.25) is 4.79 Å². The second-order valence-electron chi connectivity index (χ2n) is 6.67. The molecule has 2 atom stereocenters. The normalized spacial score (nSPS) is 26.3. The van der Waals surface area contributed by atoms with Crippen LogP contribution in [-0.2, 0) is 4.79 Å². The molecule has 1 amide bonds. The van der Waals surface area contributed by atoms with Crippen molar-refractivity contribution in [3.05, 3.63) is 30.3 Å². The zero-order valence-electron chi connectivity index (χ0n) is 13.7. The highest BCUT2D eigenvalue weighted by Gasteiger charge is 2.43. The van der Waals surface area contributed by atoms with E-state index in [4.69, 9.17) is 0 Å². The molecule has 5 heteroatoms. The van der Waals surface area contributed by atoms with Gasteiger partial charge in [0.2, 0.25) is 5.91 Å². The number of carbonyl (C=O) groups is 1. The van der Waals surface area contributed by atoms with E-state index in [9.17, 15) is 4.79 Å². The van der Waals surface area contributed by atoms with E-state index in [1.54, 1.807) is 11.8 Å². The summed E-state index contributed by atoms with van der Waals surface area (Å²) in [6.45, 7) is 4.22. The zero-order chi connectivity index (χ0) is 15.4. The first kappa shape index (κ1) is 18.6. The lowest BCUT2D eigenvalue weighted by Crippen LogP contribution is -2.54. The van der Waals surface area contributed by atoms with Gasteiger partial charge in [-0.15, -0.1) is 24.2 Å². The van der Waals surface area contributed by atoms with Crippen LogP contribution in [0.2, 0.25) is 0 Å². The van der Waals surface area contributed by atoms with Crippen molar-refractivity contribution in [1.82, 2.24) is 10.6 Å². The predicted octanol–water partition coefficient (Wildman–Crippen LogP) is 3.63. The van der Waals surface area contributed by atoms with Gasteiger partial charge in [-0.1, -0.05) is 38.0 Å². The molecule has 2 fully saturated rings. The third-order valence-corrected chi connectivity index (χ3v) is 6.52. The van der Waals surface area contributed by atoms with E-state index in [1.807, 2.05) is 6.07 Å². The summed E-state index contributed by atoms with van der Waals surface area (Å²) < 4.78 is -0.265. The van der Waals surface area contributed by atoms with Crippen LogP contribution in [-0.4, -0.2) is 29.8 Å². The van der Waals surface area contributed by atoms with Crippen LogP contribution in [0.5, 0.6) is 0 Å². The Hall–Kier alpha value is -0.710. The molecule has 3 nitrogen and oxygen atoms in total. The molecule has 0 radical (unpaired) electrons. The van der Waals surface area contributed by atoms with E-state index in [2.05, 4.69) is 41.8 Å². The molecular formula is C18H27ClN2OS. The van der Waals surface area contributed by atoms with Gasteiger partial charge < -0.3 is 10.6 Å². The predicted molar refractivity (Wildman–Crippen MR) is 99.3 cm³/mol. The molecule has 1 aliphatic carbocycles. The van der Waals surface area contributed by atoms with Crippen LogP contribution in [0.4, 0.5) is 0 Å². The molecule has 1 aliphatic heterocycles. The van der Waals surface area contributed by atoms with Crippen molar-refractivity contribution in [2.75, 3.05) is 13.1 Å². The lowest BCUT2D eigenvalue weighted by atomic mass is 9.94. The van der Waals surface area contributed by atoms with Gasteiger partial charge in [0.05, 0.1) is 4.75 Å². The Morgan fingerprint density at radius 3 is 2.61 bits per heavy atom. The number of benzene rings is 1. The average Bonchev–Trinajstić information content (AvgIpc) is 3.00. The molecule has 2 aliphatic rings. The highest BCUT2D eigenvalue weighted by Crippen LogP contribution is 2.45. The summed E-state index contributed by atoms with van der Waals surface area (Å²) in [4.78, 5) is 14.2. The summed E-state index contributed by atoms with van der Waals surface area (Å²) in [7, 11) is 0. The van der Waals surface area contributed by atoms with Crippen molar-refractivity contribution in [2.24, 2.45) is 5.92 Å². The average molecular weight is 355 g/mol. The second kappa shape index (κ2) is 8.41. The Morgan fingerprint density at radius 2 is 1.96 bits per heavy atom. The van der Waals surface area contributed by atoms with E-state index in [0.29, 0.717) is 5.92 Å². The number of nitrogens with one attached hydrogen (secondary N) is 2. The number of piperidine rings is 1. The molecule has 1 heterocycles. The molecule has 0 aromatic heterocycles. The maximum Gasteiger partial charge on any atom is 0.236 e. The van der Waals surface area contributed by atoms with Gasteiger partial charge >= 0.3 is 0 Å². The Balaban J connectivity index is 0.00000192. The summed E-state index contributed by atoms with van der Waals surface area (Å²) in [6.07, 6.45) is 5.45. The van der Waals surface area contributed by atoms with E-state index >= 15 is 0 Å². The van der Waals surface area contributed by atoms with Gasteiger partial charge in [0.1, 0.15) is 0 Å². The molecule has 128 valence electrons.